The van der Waals surface area contributed by atoms with Crippen LogP contribution in [0.15, 0.2) is 0 Å². The first-order chi connectivity index (χ1) is 14.3. The summed E-state index contributed by atoms with van der Waals surface area (Å²) < 4.78 is 0. The van der Waals surface area contributed by atoms with E-state index in [1.54, 1.807) is 6.42 Å². The predicted octanol–water partition coefficient (Wildman–Crippen LogP) is 9.36. The Bertz CT molecular complexity index is 602. The molecule has 4 bridgehead atoms. The zero-order valence-corrected chi connectivity index (χ0v) is 24.4. The number of halogens is 2. The van der Waals surface area contributed by atoms with Crippen LogP contribution >= 0.6 is 18.6 Å². The summed E-state index contributed by atoms with van der Waals surface area (Å²) in [6.45, 7) is 20.2. The minimum atomic E-state index is -0.556. The molecule has 176 valence electrons. The number of hydrogen-bond donors (Lipinski definition) is 0. The zero-order valence-electron chi connectivity index (χ0n) is 21.3. The fourth-order valence-electron chi connectivity index (χ4n) is 10.5. The molecule has 8 aliphatic carbocycles. The summed E-state index contributed by atoms with van der Waals surface area (Å²) in [5.74, 6) is 8.95. The van der Waals surface area contributed by atoms with E-state index in [-0.39, 0.29) is 0 Å². The standard InChI is InChI=1S/C14H24.C14H22.2ClH.Ti/c2*1-13(2)10-7-5-6-9(10)11-8-12(13)14(11,3)4;;;/h9-12H,5-8H2,1-4H3;6,9,11-12H,5,7-8H2,1-4H3;2*1H;/q;;;;+2/p-2. The normalized spacial score (nSPS) is 45.9. The Labute approximate surface area is 210 Å². The van der Waals surface area contributed by atoms with Crippen molar-refractivity contribution in [3.63, 3.8) is 0 Å². The van der Waals surface area contributed by atoms with Gasteiger partial charge in [0.25, 0.3) is 0 Å². The summed E-state index contributed by atoms with van der Waals surface area (Å²) in [6.07, 6.45) is 13.0. The van der Waals surface area contributed by atoms with Gasteiger partial charge in [0.1, 0.15) is 0 Å². The van der Waals surface area contributed by atoms with Crippen molar-refractivity contribution in [2.45, 2.75) is 100 Å². The molecule has 0 spiro atoms. The topological polar surface area (TPSA) is 0 Å². The summed E-state index contributed by atoms with van der Waals surface area (Å²) >= 11 is -0.556. The fraction of sp³-hybridized carbons (Fsp3) is 0.929. The number of rotatable bonds is 0. The molecule has 8 saturated carbocycles. The van der Waals surface area contributed by atoms with Gasteiger partial charge in [-0.25, -0.2) is 0 Å². The first-order valence-electron chi connectivity index (χ1n) is 13.0. The molecular formula is C28H46Cl2Ti. The molecule has 8 aliphatic rings. The van der Waals surface area contributed by atoms with Crippen molar-refractivity contribution in [3.8, 4) is 0 Å². The molecule has 31 heavy (non-hydrogen) atoms. The minimum absolute atomic E-state index is 0.524. The molecular weight excluding hydrogens is 455 g/mol. The monoisotopic (exact) mass is 500 g/mol. The van der Waals surface area contributed by atoms with Crippen molar-refractivity contribution >= 4 is 18.6 Å². The average Bonchev–Trinajstić information content (AvgIpc) is 3.31. The molecule has 0 aliphatic heterocycles. The Kier molecular flexibility index (Phi) is 6.92. The van der Waals surface area contributed by atoms with Crippen LogP contribution in [0, 0.1) is 75.4 Å². The SMILES string of the molecule is CC1(C)C2CCCC2C2CC1C2(C)C.CC1(C)[C]2CC[CH]C2C2CC1C2(C)C.[Cl][Ti][Cl]. The maximum absolute atomic E-state index is 4.89. The van der Waals surface area contributed by atoms with Crippen molar-refractivity contribution in [1.29, 1.82) is 0 Å². The van der Waals surface area contributed by atoms with E-state index in [4.69, 9.17) is 18.6 Å². The van der Waals surface area contributed by atoms with Gasteiger partial charge < -0.3 is 0 Å². The molecule has 0 saturated heterocycles. The van der Waals surface area contributed by atoms with Crippen LogP contribution in [0.25, 0.3) is 0 Å². The van der Waals surface area contributed by atoms with Gasteiger partial charge >= 0.3 is 35.6 Å². The third kappa shape index (κ3) is 3.69. The zero-order chi connectivity index (χ0) is 23.0. The Balaban J connectivity index is 0.000000133. The quantitative estimate of drug-likeness (QED) is 0.290. The van der Waals surface area contributed by atoms with E-state index in [1.165, 1.54) is 38.5 Å². The molecule has 0 nitrogen and oxygen atoms in total. The molecule has 3 heteroatoms. The second-order valence-electron chi connectivity index (χ2n) is 14.1. The summed E-state index contributed by atoms with van der Waals surface area (Å²) in [5.41, 5.74) is 2.43. The molecule has 7 atom stereocenters. The molecule has 0 amide bonds. The Morgan fingerprint density at radius 3 is 1.90 bits per heavy atom. The molecule has 0 heterocycles. The van der Waals surface area contributed by atoms with Gasteiger partial charge in [-0.1, -0.05) is 61.8 Å². The molecule has 0 aromatic rings. The first-order valence-corrected chi connectivity index (χ1v) is 17.3. The summed E-state index contributed by atoms with van der Waals surface area (Å²) in [7, 11) is 9.78. The van der Waals surface area contributed by atoms with E-state index < -0.39 is 17.0 Å². The Hall–Kier alpha value is 1.29. The molecule has 8 rings (SSSR count). The van der Waals surface area contributed by atoms with Crippen molar-refractivity contribution in [3.05, 3.63) is 12.3 Å². The van der Waals surface area contributed by atoms with E-state index in [9.17, 15) is 0 Å². The van der Waals surface area contributed by atoms with Crippen molar-refractivity contribution < 1.29 is 17.0 Å². The van der Waals surface area contributed by atoms with E-state index >= 15 is 0 Å². The number of hydrogen-bond acceptors (Lipinski definition) is 0. The van der Waals surface area contributed by atoms with Crippen LogP contribution < -0.4 is 0 Å². The molecule has 0 N–H and O–H groups in total. The van der Waals surface area contributed by atoms with Crippen LogP contribution in [0.3, 0.4) is 0 Å². The summed E-state index contributed by atoms with van der Waals surface area (Å²) in [6, 6.07) is 0. The summed E-state index contributed by atoms with van der Waals surface area (Å²) in [5, 5.41) is 0. The Morgan fingerprint density at radius 2 is 1.32 bits per heavy atom. The van der Waals surface area contributed by atoms with Gasteiger partial charge in [0.15, 0.2) is 0 Å². The first kappa shape index (κ1) is 25.4. The van der Waals surface area contributed by atoms with Gasteiger partial charge in [-0.3, -0.25) is 0 Å². The van der Waals surface area contributed by atoms with Crippen LogP contribution in [0.2, 0.25) is 0 Å². The molecule has 8 fully saturated rings. The van der Waals surface area contributed by atoms with E-state index in [0.29, 0.717) is 21.7 Å². The van der Waals surface area contributed by atoms with Gasteiger partial charge in [-0.15, -0.1) is 0 Å². The Morgan fingerprint density at radius 1 is 0.774 bits per heavy atom. The van der Waals surface area contributed by atoms with E-state index in [2.05, 4.69) is 61.8 Å². The van der Waals surface area contributed by atoms with Crippen LogP contribution in [-0.2, 0) is 17.0 Å². The van der Waals surface area contributed by atoms with E-state index in [1.807, 2.05) is 5.92 Å². The van der Waals surface area contributed by atoms with Crippen molar-refractivity contribution in [2.75, 3.05) is 0 Å². The van der Waals surface area contributed by atoms with E-state index in [0.717, 1.165) is 41.4 Å². The van der Waals surface area contributed by atoms with Gasteiger partial charge in [-0.05, 0) is 114 Å². The predicted molar refractivity (Wildman–Crippen MR) is 131 cm³/mol. The van der Waals surface area contributed by atoms with Crippen LogP contribution in [-0.4, -0.2) is 0 Å². The molecule has 7 unspecified atom stereocenters. The second-order valence-corrected chi connectivity index (χ2v) is 16.7. The second kappa shape index (κ2) is 8.45. The fourth-order valence-corrected chi connectivity index (χ4v) is 10.5. The summed E-state index contributed by atoms with van der Waals surface area (Å²) in [4.78, 5) is 0. The third-order valence-electron chi connectivity index (χ3n) is 12.0. The van der Waals surface area contributed by atoms with Crippen molar-refractivity contribution in [1.82, 2.24) is 0 Å². The van der Waals surface area contributed by atoms with Gasteiger partial charge in [-0.2, -0.15) is 0 Å². The van der Waals surface area contributed by atoms with Crippen LogP contribution in [0.5, 0.6) is 0 Å². The molecule has 0 aromatic carbocycles. The van der Waals surface area contributed by atoms with Crippen LogP contribution in [0.4, 0.5) is 0 Å². The molecule has 2 radical (unpaired) electrons. The van der Waals surface area contributed by atoms with Crippen LogP contribution in [0.1, 0.15) is 100 Å². The van der Waals surface area contributed by atoms with Gasteiger partial charge in [0.05, 0.1) is 0 Å². The third-order valence-corrected chi connectivity index (χ3v) is 12.0. The van der Waals surface area contributed by atoms with Gasteiger partial charge in [0, 0.05) is 0 Å². The maximum atomic E-state index is 4.89. The molecule has 0 aromatic heterocycles. The average molecular weight is 501 g/mol. The van der Waals surface area contributed by atoms with Crippen molar-refractivity contribution in [2.24, 2.45) is 63.1 Å². The van der Waals surface area contributed by atoms with Gasteiger partial charge in [0.2, 0.25) is 0 Å².